The summed E-state index contributed by atoms with van der Waals surface area (Å²) in [5.74, 6) is 0.319. The van der Waals surface area contributed by atoms with Crippen LogP contribution in [0.1, 0.15) is 46.0 Å². The van der Waals surface area contributed by atoms with Crippen molar-refractivity contribution in [2.45, 2.75) is 93.3 Å². The minimum absolute atomic E-state index is 0.265. The summed E-state index contributed by atoms with van der Waals surface area (Å²) in [7, 11) is -4.94. The van der Waals surface area contributed by atoms with Crippen molar-refractivity contribution in [3.05, 3.63) is 0 Å². The lowest BCUT2D eigenvalue weighted by Gasteiger charge is -2.45. The Bertz CT molecular complexity index is 655. The van der Waals surface area contributed by atoms with E-state index in [1.54, 1.807) is 13.2 Å². The SMILES string of the molecule is CCCC1CCN[C@H](C(=O)N[C@@H]([C@H]2O[C@H](SC)[C@H](OP(=O)(O)O)[C@@H](O)[C@H]2O)[C@H](C)Cl)CC1. The van der Waals surface area contributed by atoms with Gasteiger partial charge in [-0.3, -0.25) is 9.32 Å². The highest BCUT2D eigenvalue weighted by atomic mass is 35.5. The molecule has 2 saturated heterocycles. The van der Waals surface area contributed by atoms with E-state index in [-0.39, 0.29) is 5.91 Å². The molecule has 0 saturated carbocycles. The third-order valence-corrected chi connectivity index (χ3v) is 7.69. The minimum Gasteiger partial charge on any atom is -0.388 e. The maximum Gasteiger partial charge on any atom is 0.470 e. The normalized spacial score (nSPS) is 36.2. The van der Waals surface area contributed by atoms with Crippen molar-refractivity contribution in [1.29, 1.82) is 0 Å². The monoisotopic (exact) mass is 518 g/mol. The number of aliphatic hydroxyl groups excluding tert-OH is 2. The molecule has 0 radical (unpaired) electrons. The molecule has 10 nitrogen and oxygen atoms in total. The van der Waals surface area contributed by atoms with Gasteiger partial charge in [-0.15, -0.1) is 23.4 Å². The number of phosphoric acid groups is 1. The summed E-state index contributed by atoms with van der Waals surface area (Å²) in [6.45, 7) is 4.52. The summed E-state index contributed by atoms with van der Waals surface area (Å²) >= 11 is 7.39. The van der Waals surface area contributed by atoms with Crippen molar-refractivity contribution < 1.29 is 38.6 Å². The molecule has 32 heavy (non-hydrogen) atoms. The number of nitrogens with one attached hydrogen (secondary N) is 2. The number of thioether (sulfide) groups is 1. The van der Waals surface area contributed by atoms with E-state index in [1.807, 2.05) is 0 Å². The number of carbonyl (C=O) groups is 1. The molecule has 0 aromatic rings. The van der Waals surface area contributed by atoms with Gasteiger partial charge in [0.25, 0.3) is 0 Å². The summed E-state index contributed by atoms with van der Waals surface area (Å²) in [4.78, 5) is 31.3. The number of rotatable bonds is 9. The predicted octanol–water partition coefficient (Wildman–Crippen LogP) is 0.945. The van der Waals surface area contributed by atoms with Crippen LogP contribution in [0.4, 0.5) is 0 Å². The van der Waals surface area contributed by atoms with Crippen LogP contribution in [-0.2, 0) is 18.6 Å². The molecule has 0 bridgehead atoms. The van der Waals surface area contributed by atoms with E-state index in [9.17, 15) is 19.6 Å². The first kappa shape index (κ1) is 28.3. The Labute approximate surface area is 198 Å². The number of ether oxygens (including phenoxy) is 1. The third-order valence-electron chi connectivity index (χ3n) is 6.05. The molecular weight excluding hydrogens is 483 g/mol. The Hall–Kier alpha value is 0.0600. The average molecular weight is 519 g/mol. The molecule has 0 aromatic carbocycles. The zero-order valence-electron chi connectivity index (χ0n) is 18.6. The van der Waals surface area contributed by atoms with E-state index in [0.717, 1.165) is 44.0 Å². The van der Waals surface area contributed by atoms with Crippen molar-refractivity contribution in [3.63, 3.8) is 0 Å². The molecule has 0 aromatic heterocycles. The molecule has 1 amide bonds. The molecule has 9 atom stereocenters. The first-order chi connectivity index (χ1) is 15.0. The number of alkyl halides is 1. The lowest BCUT2D eigenvalue weighted by atomic mass is 9.92. The van der Waals surface area contributed by atoms with Crippen LogP contribution in [0.25, 0.3) is 0 Å². The molecule has 6 N–H and O–H groups in total. The van der Waals surface area contributed by atoms with Gasteiger partial charge in [-0.25, -0.2) is 4.57 Å². The van der Waals surface area contributed by atoms with Crippen molar-refractivity contribution in [3.8, 4) is 0 Å². The lowest BCUT2D eigenvalue weighted by molar-refractivity contribution is -0.201. The summed E-state index contributed by atoms with van der Waals surface area (Å²) in [5.41, 5.74) is -0.994. The Morgan fingerprint density at radius 2 is 2.00 bits per heavy atom. The summed E-state index contributed by atoms with van der Waals surface area (Å²) in [6, 6.07) is -1.25. The molecule has 2 aliphatic rings. The van der Waals surface area contributed by atoms with Gasteiger partial charge in [0.1, 0.15) is 29.9 Å². The molecular formula is C19H36ClN2O8PS. The van der Waals surface area contributed by atoms with Crippen molar-refractivity contribution in [1.82, 2.24) is 10.6 Å². The summed E-state index contributed by atoms with van der Waals surface area (Å²) in [5, 5.41) is 26.6. The molecule has 2 fully saturated rings. The topological polar surface area (TPSA) is 158 Å². The molecule has 2 heterocycles. The zero-order chi connectivity index (χ0) is 24.1. The van der Waals surface area contributed by atoms with E-state index in [1.165, 1.54) is 0 Å². The van der Waals surface area contributed by atoms with E-state index in [0.29, 0.717) is 12.3 Å². The number of amides is 1. The zero-order valence-corrected chi connectivity index (χ0v) is 21.1. The first-order valence-electron chi connectivity index (χ1n) is 10.9. The largest absolute Gasteiger partial charge is 0.470 e. The fraction of sp³-hybridized carbons (Fsp3) is 0.947. The maximum absolute atomic E-state index is 13.0. The van der Waals surface area contributed by atoms with E-state index < -0.39 is 55.1 Å². The van der Waals surface area contributed by atoms with E-state index >= 15 is 0 Å². The van der Waals surface area contributed by atoms with Gasteiger partial charge in [0.2, 0.25) is 5.91 Å². The van der Waals surface area contributed by atoms with Crippen LogP contribution in [0.5, 0.6) is 0 Å². The molecule has 13 heteroatoms. The van der Waals surface area contributed by atoms with Crippen LogP contribution >= 0.6 is 31.2 Å². The fourth-order valence-corrected chi connectivity index (χ4v) is 5.94. The predicted molar refractivity (Wildman–Crippen MR) is 122 cm³/mol. The van der Waals surface area contributed by atoms with Crippen LogP contribution in [0.15, 0.2) is 0 Å². The van der Waals surface area contributed by atoms with Gasteiger partial charge in [-0.2, -0.15) is 0 Å². The Balaban J connectivity index is 2.10. The fourth-order valence-electron chi connectivity index (χ4n) is 4.37. The van der Waals surface area contributed by atoms with Crippen LogP contribution in [0, 0.1) is 5.92 Å². The first-order valence-corrected chi connectivity index (χ1v) is 14.2. The van der Waals surface area contributed by atoms with Crippen molar-refractivity contribution in [2.24, 2.45) is 5.92 Å². The standard InChI is InChI=1S/C19H36ClN2O8PS/c1-4-5-11-6-7-12(21-9-8-11)18(25)22-13(10(2)20)16-14(23)15(24)17(19(29-16)32-3)30-31(26,27)28/h10-17,19,21,23-24H,4-9H2,1-3H3,(H,22,25)(H2,26,27,28)/t10-,11?,12-,13+,14+,15-,16+,17+,19+/m0/s1. The lowest BCUT2D eigenvalue weighted by Crippen LogP contribution is -2.65. The molecule has 2 aliphatic heterocycles. The van der Waals surface area contributed by atoms with Gasteiger partial charge in [0.05, 0.1) is 17.5 Å². The smallest absolute Gasteiger partial charge is 0.388 e. The van der Waals surface area contributed by atoms with Crippen molar-refractivity contribution in [2.75, 3.05) is 12.8 Å². The third kappa shape index (κ3) is 7.80. The van der Waals surface area contributed by atoms with Gasteiger partial charge in [0, 0.05) is 0 Å². The van der Waals surface area contributed by atoms with E-state index in [2.05, 4.69) is 22.1 Å². The van der Waals surface area contributed by atoms with Crippen LogP contribution < -0.4 is 10.6 Å². The van der Waals surface area contributed by atoms with Gasteiger partial charge in [0.15, 0.2) is 0 Å². The minimum atomic E-state index is -4.94. The van der Waals surface area contributed by atoms with Gasteiger partial charge >= 0.3 is 7.82 Å². The van der Waals surface area contributed by atoms with Crippen LogP contribution in [0.3, 0.4) is 0 Å². The average Bonchev–Trinajstić information content (AvgIpc) is 2.95. The highest BCUT2D eigenvalue weighted by Gasteiger charge is 2.50. The molecule has 0 spiro atoms. The molecule has 0 aliphatic carbocycles. The van der Waals surface area contributed by atoms with Crippen molar-refractivity contribution >= 4 is 37.1 Å². The maximum atomic E-state index is 13.0. The Morgan fingerprint density at radius 1 is 1.31 bits per heavy atom. The van der Waals surface area contributed by atoms with Gasteiger partial charge < -0.3 is 35.4 Å². The summed E-state index contributed by atoms with van der Waals surface area (Å²) < 4.78 is 21.8. The Kier molecular flexibility index (Phi) is 11.2. The number of carbonyl (C=O) groups excluding carboxylic acids is 1. The number of hydrogen-bond acceptors (Lipinski definition) is 8. The number of phosphoric ester groups is 1. The van der Waals surface area contributed by atoms with E-state index in [4.69, 9.17) is 26.1 Å². The molecule has 2 rings (SSSR count). The second kappa shape index (κ2) is 12.7. The number of halogens is 1. The number of aliphatic hydroxyl groups is 2. The quantitative estimate of drug-likeness (QED) is 0.192. The molecule has 188 valence electrons. The number of hydrogen-bond donors (Lipinski definition) is 6. The highest BCUT2D eigenvalue weighted by molar-refractivity contribution is 7.99. The van der Waals surface area contributed by atoms with Crippen LogP contribution in [-0.4, -0.2) is 86.0 Å². The summed E-state index contributed by atoms with van der Waals surface area (Å²) in [6.07, 6.45) is 0.687. The molecule has 1 unspecified atom stereocenters. The van der Waals surface area contributed by atoms with Crippen LogP contribution in [0.2, 0.25) is 0 Å². The van der Waals surface area contributed by atoms with Gasteiger partial charge in [-0.1, -0.05) is 19.8 Å². The second-order valence-electron chi connectivity index (χ2n) is 8.49. The highest BCUT2D eigenvalue weighted by Crippen LogP contribution is 2.43. The second-order valence-corrected chi connectivity index (χ2v) is 11.3. The Morgan fingerprint density at radius 3 is 2.56 bits per heavy atom. The van der Waals surface area contributed by atoms with Gasteiger partial charge in [-0.05, 0) is 44.9 Å².